The summed E-state index contributed by atoms with van der Waals surface area (Å²) in [5.74, 6) is -0.0349. The number of sulfone groups is 1. The average Bonchev–Trinajstić information content (AvgIpc) is 3.20. The lowest BCUT2D eigenvalue weighted by molar-refractivity contribution is -0.115. The van der Waals surface area contributed by atoms with Crippen LogP contribution in [0, 0.1) is 0 Å². The van der Waals surface area contributed by atoms with Crippen molar-refractivity contribution in [2.75, 3.05) is 24.7 Å². The molecule has 0 fully saturated rings. The van der Waals surface area contributed by atoms with E-state index >= 15 is 0 Å². The maximum atomic E-state index is 12.5. The third kappa shape index (κ3) is 6.54. The second-order valence-corrected chi connectivity index (χ2v) is 10.8. The van der Waals surface area contributed by atoms with Crippen LogP contribution in [-0.4, -0.2) is 43.6 Å². The van der Waals surface area contributed by atoms with Gasteiger partial charge in [0.15, 0.2) is 15.0 Å². The summed E-state index contributed by atoms with van der Waals surface area (Å²) >= 11 is 1.46. The molecule has 4 rings (SSSR count). The molecule has 33 heavy (non-hydrogen) atoms. The minimum atomic E-state index is -3.55. The lowest BCUT2D eigenvalue weighted by Gasteiger charge is -2.25. The van der Waals surface area contributed by atoms with Gasteiger partial charge in [0.1, 0.15) is 5.75 Å². The number of fused-ring (bicyclic) bond motifs is 1. The van der Waals surface area contributed by atoms with Gasteiger partial charge < -0.3 is 10.1 Å². The van der Waals surface area contributed by atoms with Crippen LogP contribution >= 0.6 is 23.7 Å². The summed E-state index contributed by atoms with van der Waals surface area (Å²) in [6, 6.07) is 16.5. The second-order valence-electron chi connectivity index (χ2n) is 7.63. The fourth-order valence-corrected chi connectivity index (χ4v) is 5.90. The Balaban J connectivity index is 0.00000306. The fourth-order valence-electron chi connectivity index (χ4n) is 3.59. The van der Waals surface area contributed by atoms with Gasteiger partial charge in [-0.2, -0.15) is 0 Å². The summed E-state index contributed by atoms with van der Waals surface area (Å²) in [6.07, 6.45) is 0.707. The number of nitrogens with one attached hydrogen (secondary N) is 1. The van der Waals surface area contributed by atoms with Crippen molar-refractivity contribution in [3.05, 3.63) is 70.7 Å². The number of aromatic nitrogens is 1. The van der Waals surface area contributed by atoms with E-state index in [1.165, 1.54) is 36.1 Å². The van der Waals surface area contributed by atoms with Crippen LogP contribution in [0.1, 0.15) is 22.6 Å². The molecule has 1 N–H and O–H groups in total. The zero-order valence-corrected chi connectivity index (χ0v) is 20.6. The standard InChI is InChI=1S/C23H25N3O4S2.ClH/c1-30-18-7-9-19(10-8-18)32(28,29)14-12-22(27)25-23-24-20-11-13-26(16-21(20)31-23)15-17-5-3-2-4-6-17;/h2-10H,11-16H2,1H3,(H,24,25,27);1H. The average molecular weight is 508 g/mol. The molecule has 0 saturated carbocycles. The van der Waals surface area contributed by atoms with Crippen LogP contribution in [0.2, 0.25) is 0 Å². The number of benzene rings is 2. The molecule has 2 heterocycles. The molecule has 0 bridgehead atoms. The van der Waals surface area contributed by atoms with Gasteiger partial charge in [0.05, 0.1) is 23.5 Å². The number of hydrogen-bond acceptors (Lipinski definition) is 7. The Kier molecular flexibility index (Phi) is 8.47. The maximum absolute atomic E-state index is 12.5. The molecule has 0 atom stereocenters. The molecule has 1 aliphatic heterocycles. The van der Waals surface area contributed by atoms with Crippen LogP contribution in [0.25, 0.3) is 0 Å². The normalized spacial score (nSPS) is 13.6. The smallest absolute Gasteiger partial charge is 0.227 e. The lowest BCUT2D eigenvalue weighted by Crippen LogP contribution is -2.29. The first-order valence-electron chi connectivity index (χ1n) is 10.3. The van der Waals surface area contributed by atoms with Crippen LogP contribution in [-0.2, 0) is 34.1 Å². The number of hydrogen-bond donors (Lipinski definition) is 1. The molecule has 7 nitrogen and oxygen atoms in total. The van der Waals surface area contributed by atoms with Crippen molar-refractivity contribution >= 4 is 44.6 Å². The van der Waals surface area contributed by atoms with Crippen molar-refractivity contribution < 1.29 is 17.9 Å². The molecule has 3 aromatic rings. The van der Waals surface area contributed by atoms with Gasteiger partial charge in [-0.25, -0.2) is 13.4 Å². The summed E-state index contributed by atoms with van der Waals surface area (Å²) < 4.78 is 30.0. The van der Waals surface area contributed by atoms with Gasteiger partial charge in [-0.1, -0.05) is 30.3 Å². The highest BCUT2D eigenvalue weighted by Gasteiger charge is 2.22. The molecular formula is C23H26ClN3O4S2. The zero-order chi connectivity index (χ0) is 22.6. The van der Waals surface area contributed by atoms with Crippen LogP contribution < -0.4 is 10.1 Å². The summed E-state index contributed by atoms with van der Waals surface area (Å²) in [4.78, 5) is 20.6. The third-order valence-electron chi connectivity index (χ3n) is 5.32. The van der Waals surface area contributed by atoms with Crippen molar-refractivity contribution in [1.29, 1.82) is 0 Å². The van der Waals surface area contributed by atoms with E-state index in [0.29, 0.717) is 10.9 Å². The first kappa shape index (κ1) is 25.2. The van der Waals surface area contributed by atoms with Gasteiger partial charge in [0.25, 0.3) is 0 Å². The predicted molar refractivity (Wildman–Crippen MR) is 132 cm³/mol. The van der Waals surface area contributed by atoms with Gasteiger partial charge >= 0.3 is 0 Å². The van der Waals surface area contributed by atoms with E-state index in [4.69, 9.17) is 4.74 Å². The molecule has 2 aromatic carbocycles. The minimum absolute atomic E-state index is 0. The van der Waals surface area contributed by atoms with Gasteiger partial charge in [-0.3, -0.25) is 9.69 Å². The highest BCUT2D eigenvalue weighted by molar-refractivity contribution is 7.91. The summed E-state index contributed by atoms with van der Waals surface area (Å²) in [7, 11) is -2.03. The number of halogens is 1. The largest absolute Gasteiger partial charge is 0.497 e. The van der Waals surface area contributed by atoms with Crippen molar-refractivity contribution in [2.24, 2.45) is 0 Å². The molecule has 176 valence electrons. The number of anilines is 1. The van der Waals surface area contributed by atoms with E-state index in [9.17, 15) is 13.2 Å². The topological polar surface area (TPSA) is 88.6 Å². The molecule has 0 spiro atoms. The number of carbonyl (C=O) groups is 1. The molecule has 10 heteroatoms. The second kappa shape index (κ2) is 11.1. The Hall–Kier alpha value is -2.46. The van der Waals surface area contributed by atoms with E-state index in [-0.39, 0.29) is 35.4 Å². The minimum Gasteiger partial charge on any atom is -0.497 e. The molecule has 1 aromatic heterocycles. The number of rotatable bonds is 8. The van der Waals surface area contributed by atoms with Crippen molar-refractivity contribution in [2.45, 2.75) is 30.8 Å². The molecule has 0 unspecified atom stereocenters. The predicted octanol–water partition coefficient (Wildman–Crippen LogP) is 3.93. The number of ether oxygens (including phenoxy) is 1. The molecule has 0 radical (unpaired) electrons. The molecule has 1 aliphatic rings. The van der Waals surface area contributed by atoms with Gasteiger partial charge in [-0.15, -0.1) is 23.7 Å². The monoisotopic (exact) mass is 507 g/mol. The summed E-state index contributed by atoms with van der Waals surface area (Å²) in [6.45, 7) is 2.59. The van der Waals surface area contributed by atoms with Crippen LogP contribution in [0.5, 0.6) is 5.75 Å². The van der Waals surface area contributed by atoms with Crippen LogP contribution in [0.15, 0.2) is 59.5 Å². The van der Waals surface area contributed by atoms with E-state index in [0.717, 1.165) is 36.6 Å². The van der Waals surface area contributed by atoms with Crippen LogP contribution in [0.4, 0.5) is 5.13 Å². The molecule has 0 aliphatic carbocycles. The number of carbonyl (C=O) groups excluding carboxylic acids is 1. The molecular weight excluding hydrogens is 482 g/mol. The Morgan fingerprint density at radius 1 is 1.15 bits per heavy atom. The quantitative estimate of drug-likeness (QED) is 0.497. The van der Waals surface area contributed by atoms with Gasteiger partial charge in [0.2, 0.25) is 5.91 Å². The maximum Gasteiger partial charge on any atom is 0.227 e. The number of amides is 1. The van der Waals surface area contributed by atoms with Crippen molar-refractivity contribution in [3.8, 4) is 5.75 Å². The van der Waals surface area contributed by atoms with Crippen molar-refractivity contribution in [3.63, 3.8) is 0 Å². The number of methoxy groups -OCH3 is 1. The number of nitrogens with zero attached hydrogens (tertiary/aromatic N) is 2. The van der Waals surface area contributed by atoms with Crippen LogP contribution in [0.3, 0.4) is 0 Å². The third-order valence-corrected chi connectivity index (χ3v) is 8.05. The fraction of sp³-hybridized carbons (Fsp3) is 0.304. The first-order valence-corrected chi connectivity index (χ1v) is 12.8. The molecule has 1 amide bonds. The molecule has 0 saturated heterocycles. The number of thiazole rings is 1. The SMILES string of the molecule is COc1ccc(S(=O)(=O)CCC(=O)Nc2nc3c(s2)CN(Cc2ccccc2)CC3)cc1.Cl. The zero-order valence-electron chi connectivity index (χ0n) is 18.2. The Morgan fingerprint density at radius 3 is 2.58 bits per heavy atom. The van der Waals surface area contributed by atoms with Crippen molar-refractivity contribution in [1.82, 2.24) is 9.88 Å². The summed E-state index contributed by atoms with van der Waals surface area (Å²) in [5.41, 5.74) is 2.28. The van der Waals surface area contributed by atoms with E-state index < -0.39 is 9.84 Å². The Morgan fingerprint density at radius 2 is 1.88 bits per heavy atom. The van der Waals surface area contributed by atoms with Gasteiger partial charge in [-0.05, 0) is 29.8 Å². The summed E-state index contributed by atoms with van der Waals surface area (Å²) in [5, 5.41) is 3.30. The van der Waals surface area contributed by atoms with Gasteiger partial charge in [0, 0.05) is 37.4 Å². The van der Waals surface area contributed by atoms with E-state index in [1.54, 1.807) is 12.1 Å². The lowest BCUT2D eigenvalue weighted by atomic mass is 10.1. The first-order chi connectivity index (χ1) is 15.4. The van der Waals surface area contributed by atoms with E-state index in [2.05, 4.69) is 27.3 Å². The Bertz CT molecular complexity index is 1180. The highest BCUT2D eigenvalue weighted by Crippen LogP contribution is 2.29. The Labute approximate surface area is 204 Å². The van der Waals surface area contributed by atoms with E-state index in [1.807, 2.05) is 18.2 Å². The highest BCUT2D eigenvalue weighted by atomic mass is 35.5.